The molecule has 1 aliphatic rings. The number of benzene rings is 1. The second kappa shape index (κ2) is 9.46. The summed E-state index contributed by atoms with van der Waals surface area (Å²) in [6, 6.07) is 12.9. The molecule has 1 saturated heterocycles. The summed E-state index contributed by atoms with van der Waals surface area (Å²) in [7, 11) is 0. The minimum Gasteiger partial charge on any atom is -0.486 e. The SMILES string of the molecule is Cc1ccc(-c2cc(OC3CNCC3O)cc(C(=O)N[C@@H](C)c3ccc(C)nc3)c2)nc1. The van der Waals surface area contributed by atoms with Crippen molar-refractivity contribution >= 4 is 5.91 Å². The summed E-state index contributed by atoms with van der Waals surface area (Å²) in [6.07, 6.45) is 2.60. The molecule has 0 spiro atoms. The molecule has 2 aromatic heterocycles. The number of aromatic nitrogens is 2. The Kier molecular flexibility index (Phi) is 6.48. The summed E-state index contributed by atoms with van der Waals surface area (Å²) in [5, 5.41) is 16.3. The Bertz CT molecular complexity index is 1080. The molecule has 0 radical (unpaired) electrons. The molecule has 7 nitrogen and oxygen atoms in total. The van der Waals surface area contributed by atoms with Gasteiger partial charge >= 0.3 is 0 Å². The third-order valence-electron chi connectivity index (χ3n) is 5.57. The quantitative estimate of drug-likeness (QED) is 0.554. The normalized spacial score (nSPS) is 18.9. The van der Waals surface area contributed by atoms with Crippen LogP contribution in [-0.2, 0) is 0 Å². The molecule has 4 rings (SSSR count). The standard InChI is InChI=1S/C25H28N4O3/c1-15-4-7-22(28-11-15)19-8-20(10-21(9-19)32-24-14-26-13-23(24)30)25(31)29-17(3)18-6-5-16(2)27-12-18/h4-12,17,23-24,26,30H,13-14H2,1-3H3,(H,29,31)/t17-,23?,24?/m0/s1. The Morgan fingerprint density at radius 3 is 2.62 bits per heavy atom. The number of rotatable bonds is 6. The number of pyridine rings is 2. The number of carbonyl (C=O) groups excluding carboxylic acids is 1. The maximum atomic E-state index is 13.1. The fourth-order valence-electron chi connectivity index (χ4n) is 3.62. The van der Waals surface area contributed by atoms with Crippen molar-refractivity contribution in [3.8, 4) is 17.0 Å². The minimum atomic E-state index is -0.595. The molecule has 3 atom stereocenters. The largest absolute Gasteiger partial charge is 0.486 e. The number of nitrogens with one attached hydrogen (secondary N) is 2. The van der Waals surface area contributed by atoms with Crippen molar-refractivity contribution in [2.24, 2.45) is 0 Å². The zero-order valence-electron chi connectivity index (χ0n) is 18.5. The molecular weight excluding hydrogens is 404 g/mol. The third kappa shape index (κ3) is 5.12. The van der Waals surface area contributed by atoms with Gasteiger partial charge in [0.15, 0.2) is 0 Å². The van der Waals surface area contributed by atoms with E-state index in [1.54, 1.807) is 18.5 Å². The number of hydrogen-bond acceptors (Lipinski definition) is 6. The van der Waals surface area contributed by atoms with Crippen molar-refractivity contribution in [1.29, 1.82) is 0 Å². The van der Waals surface area contributed by atoms with Crippen LogP contribution < -0.4 is 15.4 Å². The molecule has 3 N–H and O–H groups in total. The molecule has 0 bridgehead atoms. The molecule has 1 aromatic carbocycles. The summed E-state index contributed by atoms with van der Waals surface area (Å²) < 4.78 is 6.04. The summed E-state index contributed by atoms with van der Waals surface area (Å²) in [5.41, 5.74) is 4.90. The number of β-amino-alcohol motifs (C(OH)–C–C–N with tert-alkyl or cyclic N) is 1. The Labute approximate surface area is 187 Å². The van der Waals surface area contributed by atoms with Crippen molar-refractivity contribution in [3.05, 3.63) is 77.2 Å². The average Bonchev–Trinajstić information content (AvgIpc) is 3.18. The van der Waals surface area contributed by atoms with Crippen LogP contribution in [0.25, 0.3) is 11.3 Å². The molecule has 0 saturated carbocycles. The lowest BCUT2D eigenvalue weighted by atomic mass is 10.0. The number of amides is 1. The highest BCUT2D eigenvalue weighted by Gasteiger charge is 2.27. The van der Waals surface area contributed by atoms with Crippen LogP contribution in [0.5, 0.6) is 5.75 Å². The van der Waals surface area contributed by atoms with Crippen LogP contribution >= 0.6 is 0 Å². The van der Waals surface area contributed by atoms with E-state index in [0.717, 1.165) is 28.1 Å². The number of aryl methyl sites for hydroxylation is 2. The molecule has 1 aliphatic heterocycles. The molecule has 32 heavy (non-hydrogen) atoms. The van der Waals surface area contributed by atoms with Gasteiger partial charge in [-0.25, -0.2) is 0 Å². The van der Waals surface area contributed by atoms with Gasteiger partial charge in [-0.05, 0) is 62.2 Å². The number of nitrogens with zero attached hydrogens (tertiary/aromatic N) is 2. The van der Waals surface area contributed by atoms with Crippen LogP contribution in [-0.4, -0.2) is 46.3 Å². The zero-order chi connectivity index (χ0) is 22.7. The maximum absolute atomic E-state index is 13.1. The predicted molar refractivity (Wildman–Crippen MR) is 123 cm³/mol. The van der Waals surface area contributed by atoms with Crippen LogP contribution in [0.4, 0.5) is 0 Å². The smallest absolute Gasteiger partial charge is 0.251 e. The van der Waals surface area contributed by atoms with Crippen LogP contribution in [0.3, 0.4) is 0 Å². The van der Waals surface area contributed by atoms with E-state index in [1.165, 1.54) is 0 Å². The molecular formula is C25H28N4O3. The Morgan fingerprint density at radius 2 is 1.97 bits per heavy atom. The van der Waals surface area contributed by atoms with Crippen molar-refractivity contribution in [3.63, 3.8) is 0 Å². The highest BCUT2D eigenvalue weighted by Crippen LogP contribution is 2.27. The lowest BCUT2D eigenvalue weighted by Gasteiger charge is -2.19. The van der Waals surface area contributed by atoms with Gasteiger partial charge in [-0.15, -0.1) is 0 Å². The van der Waals surface area contributed by atoms with E-state index in [1.807, 2.05) is 57.2 Å². The van der Waals surface area contributed by atoms with E-state index >= 15 is 0 Å². The molecule has 3 aromatic rings. The third-order valence-corrected chi connectivity index (χ3v) is 5.57. The first-order valence-corrected chi connectivity index (χ1v) is 10.8. The van der Waals surface area contributed by atoms with Crippen LogP contribution in [0.15, 0.2) is 54.9 Å². The Morgan fingerprint density at radius 1 is 1.12 bits per heavy atom. The summed E-state index contributed by atoms with van der Waals surface area (Å²) >= 11 is 0. The van der Waals surface area contributed by atoms with Gasteiger partial charge in [0.1, 0.15) is 18.0 Å². The van der Waals surface area contributed by atoms with Crippen molar-refractivity contribution in [1.82, 2.24) is 20.6 Å². The number of carbonyl (C=O) groups is 1. The average molecular weight is 433 g/mol. The van der Waals surface area contributed by atoms with Crippen molar-refractivity contribution in [2.45, 2.75) is 39.0 Å². The second-order valence-electron chi connectivity index (χ2n) is 8.28. The summed E-state index contributed by atoms with van der Waals surface area (Å²) in [5.74, 6) is 0.300. The monoisotopic (exact) mass is 432 g/mol. The first-order valence-electron chi connectivity index (χ1n) is 10.8. The molecule has 1 amide bonds. The molecule has 2 unspecified atom stereocenters. The topological polar surface area (TPSA) is 96.4 Å². The zero-order valence-corrected chi connectivity index (χ0v) is 18.5. The highest BCUT2D eigenvalue weighted by atomic mass is 16.5. The van der Waals surface area contributed by atoms with Crippen molar-refractivity contribution < 1.29 is 14.6 Å². The predicted octanol–water partition coefficient (Wildman–Crippen LogP) is 2.96. The van der Waals surface area contributed by atoms with Gasteiger partial charge < -0.3 is 20.5 Å². The number of aliphatic hydroxyl groups is 1. The Hall–Kier alpha value is -3.29. The summed E-state index contributed by atoms with van der Waals surface area (Å²) in [4.78, 5) is 21.9. The van der Waals surface area contributed by atoms with Gasteiger partial charge in [0.2, 0.25) is 0 Å². The number of ether oxygens (including phenoxy) is 1. The van der Waals surface area contributed by atoms with Gasteiger partial charge in [0, 0.05) is 42.3 Å². The lowest BCUT2D eigenvalue weighted by molar-refractivity contribution is 0.0736. The van der Waals surface area contributed by atoms with Crippen LogP contribution in [0.2, 0.25) is 0 Å². The van der Waals surface area contributed by atoms with Gasteiger partial charge in [0.25, 0.3) is 5.91 Å². The number of hydrogen-bond donors (Lipinski definition) is 3. The van der Waals surface area contributed by atoms with Crippen molar-refractivity contribution in [2.75, 3.05) is 13.1 Å². The summed E-state index contributed by atoms with van der Waals surface area (Å²) in [6.45, 7) is 6.86. The molecule has 0 aliphatic carbocycles. The lowest BCUT2D eigenvalue weighted by Crippen LogP contribution is -2.30. The maximum Gasteiger partial charge on any atom is 0.251 e. The van der Waals surface area contributed by atoms with Crippen LogP contribution in [0.1, 0.15) is 40.1 Å². The van der Waals surface area contributed by atoms with Crippen LogP contribution in [0, 0.1) is 13.8 Å². The molecule has 166 valence electrons. The fourth-order valence-corrected chi connectivity index (χ4v) is 3.62. The number of aliphatic hydroxyl groups excluding tert-OH is 1. The van der Waals surface area contributed by atoms with E-state index < -0.39 is 6.10 Å². The Balaban J connectivity index is 1.62. The van der Waals surface area contributed by atoms with E-state index in [4.69, 9.17) is 4.74 Å². The highest BCUT2D eigenvalue weighted by molar-refractivity contribution is 5.96. The molecule has 3 heterocycles. The van der Waals surface area contributed by atoms with Gasteiger partial charge in [-0.3, -0.25) is 14.8 Å². The van der Waals surface area contributed by atoms with E-state index in [-0.39, 0.29) is 18.1 Å². The fraction of sp³-hybridized carbons (Fsp3) is 0.320. The second-order valence-corrected chi connectivity index (χ2v) is 8.28. The molecule has 7 heteroatoms. The van der Waals surface area contributed by atoms with Gasteiger partial charge in [-0.2, -0.15) is 0 Å². The van der Waals surface area contributed by atoms with E-state index in [2.05, 4.69) is 20.6 Å². The molecule has 1 fully saturated rings. The van der Waals surface area contributed by atoms with Gasteiger partial charge in [0.05, 0.1) is 11.7 Å². The van der Waals surface area contributed by atoms with Gasteiger partial charge in [-0.1, -0.05) is 12.1 Å². The van der Waals surface area contributed by atoms with E-state index in [9.17, 15) is 9.90 Å². The minimum absolute atomic E-state index is 0.207. The first-order chi connectivity index (χ1) is 15.4. The van der Waals surface area contributed by atoms with E-state index in [0.29, 0.717) is 24.4 Å². The first kappa shape index (κ1) is 21.9.